The summed E-state index contributed by atoms with van der Waals surface area (Å²) in [7, 11) is 0. The van der Waals surface area contributed by atoms with Crippen LogP contribution in [-0.2, 0) is 16.1 Å². The van der Waals surface area contributed by atoms with Crippen molar-refractivity contribution in [1.29, 1.82) is 0 Å². The molecule has 0 aliphatic heterocycles. The van der Waals surface area contributed by atoms with Crippen molar-refractivity contribution in [3.05, 3.63) is 45.8 Å². The van der Waals surface area contributed by atoms with Crippen LogP contribution in [-0.4, -0.2) is 28.2 Å². The number of aryl methyl sites for hydroxylation is 1. The van der Waals surface area contributed by atoms with Crippen LogP contribution in [0.15, 0.2) is 35.4 Å². The second kappa shape index (κ2) is 9.22. The van der Waals surface area contributed by atoms with Gasteiger partial charge in [-0.1, -0.05) is 19.1 Å². The molecule has 1 saturated carbocycles. The summed E-state index contributed by atoms with van der Waals surface area (Å²) in [5.41, 5.74) is 1.58. The summed E-state index contributed by atoms with van der Waals surface area (Å²) in [5, 5.41) is 0.549. The first kappa shape index (κ1) is 21.6. The zero-order valence-electron chi connectivity index (χ0n) is 18.2. The molecule has 0 atom stereocenters. The lowest BCUT2D eigenvalue weighted by Gasteiger charge is -2.26. The Hall–Kier alpha value is -2.67. The van der Waals surface area contributed by atoms with Crippen LogP contribution in [0, 0.1) is 12.8 Å². The molecule has 1 aliphatic rings. The van der Waals surface area contributed by atoms with Crippen molar-refractivity contribution in [1.82, 2.24) is 9.55 Å². The second-order valence-electron chi connectivity index (χ2n) is 8.22. The molecule has 4 rings (SSSR count). The number of fused-ring (bicyclic) bond motifs is 1. The minimum Gasteiger partial charge on any atom is -0.494 e. The number of thiophene rings is 1. The van der Waals surface area contributed by atoms with Crippen molar-refractivity contribution in [2.75, 3.05) is 6.61 Å². The van der Waals surface area contributed by atoms with Crippen LogP contribution >= 0.6 is 11.3 Å². The second-order valence-corrected chi connectivity index (χ2v) is 9.42. The maximum Gasteiger partial charge on any atom is 0.326 e. The summed E-state index contributed by atoms with van der Waals surface area (Å²) in [5.74, 6) is 1.10. The number of ether oxygens (including phenoxy) is 2. The van der Waals surface area contributed by atoms with Crippen LogP contribution in [0.4, 0.5) is 0 Å². The molecule has 0 bridgehead atoms. The molecule has 31 heavy (non-hydrogen) atoms. The van der Waals surface area contributed by atoms with Crippen molar-refractivity contribution in [3.63, 3.8) is 0 Å². The van der Waals surface area contributed by atoms with Crippen molar-refractivity contribution in [3.8, 4) is 16.9 Å². The predicted molar refractivity (Wildman–Crippen MR) is 123 cm³/mol. The molecule has 0 N–H and O–H groups in total. The molecular weight excluding hydrogens is 412 g/mol. The van der Waals surface area contributed by atoms with Gasteiger partial charge in [0.05, 0.1) is 18.3 Å². The third-order valence-corrected chi connectivity index (χ3v) is 6.88. The Morgan fingerprint density at radius 1 is 1.19 bits per heavy atom. The van der Waals surface area contributed by atoms with E-state index in [1.165, 1.54) is 22.2 Å². The summed E-state index contributed by atoms with van der Waals surface area (Å²) in [6.45, 7) is 6.64. The zero-order valence-corrected chi connectivity index (χ0v) is 19.0. The van der Waals surface area contributed by atoms with E-state index in [2.05, 4.69) is 11.9 Å². The lowest BCUT2D eigenvalue weighted by molar-refractivity contribution is -0.151. The Morgan fingerprint density at radius 2 is 1.90 bits per heavy atom. The van der Waals surface area contributed by atoms with Crippen LogP contribution in [0.5, 0.6) is 5.75 Å². The van der Waals surface area contributed by atoms with E-state index in [9.17, 15) is 9.59 Å². The van der Waals surface area contributed by atoms with Gasteiger partial charge < -0.3 is 9.47 Å². The number of carbonyl (C=O) groups excluding carboxylic acids is 1. The molecule has 3 aromatic rings. The van der Waals surface area contributed by atoms with Gasteiger partial charge >= 0.3 is 5.97 Å². The number of carbonyl (C=O) groups is 1. The molecule has 164 valence electrons. The maximum atomic E-state index is 13.3. The number of aromatic nitrogens is 2. The summed E-state index contributed by atoms with van der Waals surface area (Å²) in [6.07, 6.45) is 5.34. The lowest BCUT2D eigenvalue weighted by Crippen LogP contribution is -2.29. The van der Waals surface area contributed by atoms with Gasteiger partial charge in [0, 0.05) is 10.4 Å². The first-order valence-electron chi connectivity index (χ1n) is 10.9. The normalized spacial score (nSPS) is 18.8. The van der Waals surface area contributed by atoms with E-state index in [1.807, 2.05) is 38.1 Å². The molecule has 1 aliphatic carbocycles. The minimum atomic E-state index is -0.377. The van der Waals surface area contributed by atoms with Gasteiger partial charge in [0.25, 0.3) is 5.56 Å². The average molecular weight is 441 g/mol. The number of nitrogens with zero attached hydrogens (tertiary/aromatic N) is 2. The van der Waals surface area contributed by atoms with E-state index in [0.717, 1.165) is 47.4 Å². The van der Waals surface area contributed by atoms with E-state index in [0.29, 0.717) is 22.7 Å². The third-order valence-electron chi connectivity index (χ3n) is 5.87. The number of benzene rings is 1. The Morgan fingerprint density at radius 3 is 2.58 bits per heavy atom. The van der Waals surface area contributed by atoms with Gasteiger partial charge in [-0.25, -0.2) is 4.98 Å². The van der Waals surface area contributed by atoms with E-state index >= 15 is 0 Å². The van der Waals surface area contributed by atoms with E-state index in [-0.39, 0.29) is 24.2 Å². The molecular formula is C24H28N2O4S. The highest BCUT2D eigenvalue weighted by atomic mass is 32.1. The first-order valence-corrected chi connectivity index (χ1v) is 11.7. The Labute approximate surface area is 185 Å². The molecule has 2 heterocycles. The molecule has 0 radical (unpaired) electrons. The first-order chi connectivity index (χ1) is 15.0. The number of hydrogen-bond donors (Lipinski definition) is 0. The van der Waals surface area contributed by atoms with Crippen LogP contribution in [0.2, 0.25) is 0 Å². The van der Waals surface area contributed by atoms with Crippen molar-refractivity contribution in [2.24, 2.45) is 5.92 Å². The molecule has 0 saturated heterocycles. The Kier molecular flexibility index (Phi) is 6.41. The fourth-order valence-electron chi connectivity index (χ4n) is 4.19. The number of hydrogen-bond acceptors (Lipinski definition) is 6. The molecule has 1 aromatic carbocycles. The highest BCUT2D eigenvalue weighted by Crippen LogP contribution is 2.36. The molecule has 0 amide bonds. The molecule has 6 nitrogen and oxygen atoms in total. The van der Waals surface area contributed by atoms with E-state index in [1.54, 1.807) is 0 Å². The maximum absolute atomic E-state index is 13.3. The fourth-order valence-corrected chi connectivity index (χ4v) is 5.20. The van der Waals surface area contributed by atoms with Gasteiger partial charge in [-0.2, -0.15) is 0 Å². The fraction of sp³-hybridized carbons (Fsp3) is 0.458. The highest BCUT2D eigenvalue weighted by Gasteiger charge is 2.23. The average Bonchev–Trinajstić information content (AvgIpc) is 3.09. The monoisotopic (exact) mass is 440 g/mol. The van der Waals surface area contributed by atoms with Gasteiger partial charge in [0.15, 0.2) is 0 Å². The van der Waals surface area contributed by atoms with E-state index < -0.39 is 0 Å². The standard InChI is InChI=1S/C24H28N2O4S/c1-4-29-18-11-7-17(8-12-18)21-16(3)31-23-22(21)24(28)26(14-25-23)13-20(27)30-19-9-5-15(2)6-10-19/h7-8,11-12,14-15,19H,4-6,9-10,13H2,1-3H3. The Bertz CT molecular complexity index is 1120. The summed E-state index contributed by atoms with van der Waals surface area (Å²) < 4.78 is 12.5. The van der Waals surface area contributed by atoms with Crippen molar-refractivity contribution < 1.29 is 14.3 Å². The highest BCUT2D eigenvalue weighted by molar-refractivity contribution is 7.19. The van der Waals surface area contributed by atoms with Crippen LogP contribution < -0.4 is 10.3 Å². The Balaban J connectivity index is 1.60. The van der Waals surface area contributed by atoms with Crippen molar-refractivity contribution in [2.45, 2.75) is 59.1 Å². The molecule has 1 fully saturated rings. The van der Waals surface area contributed by atoms with Gasteiger partial charge in [-0.15, -0.1) is 11.3 Å². The summed E-state index contributed by atoms with van der Waals surface area (Å²) >= 11 is 1.49. The van der Waals surface area contributed by atoms with Crippen LogP contribution in [0.25, 0.3) is 21.3 Å². The van der Waals surface area contributed by atoms with Gasteiger partial charge in [0.2, 0.25) is 0 Å². The van der Waals surface area contributed by atoms with Gasteiger partial charge in [-0.05, 0) is 63.1 Å². The van der Waals surface area contributed by atoms with Crippen LogP contribution in [0.3, 0.4) is 0 Å². The molecule has 7 heteroatoms. The quantitative estimate of drug-likeness (QED) is 0.507. The predicted octanol–water partition coefficient (Wildman–Crippen LogP) is 4.95. The molecule has 0 unspecified atom stereocenters. The summed E-state index contributed by atoms with van der Waals surface area (Å²) in [4.78, 5) is 31.9. The van der Waals surface area contributed by atoms with Gasteiger partial charge in [-0.3, -0.25) is 14.2 Å². The number of rotatable bonds is 6. The summed E-state index contributed by atoms with van der Waals surface area (Å²) in [6, 6.07) is 7.71. The van der Waals surface area contributed by atoms with Crippen LogP contribution in [0.1, 0.15) is 44.4 Å². The lowest BCUT2D eigenvalue weighted by atomic mass is 9.89. The topological polar surface area (TPSA) is 70.4 Å². The van der Waals surface area contributed by atoms with Crippen molar-refractivity contribution >= 4 is 27.5 Å². The molecule has 0 spiro atoms. The van der Waals surface area contributed by atoms with Gasteiger partial charge in [0.1, 0.15) is 23.2 Å². The van der Waals surface area contributed by atoms with E-state index in [4.69, 9.17) is 9.47 Å². The SMILES string of the molecule is CCOc1ccc(-c2c(C)sc3ncn(CC(=O)OC4CCC(C)CC4)c(=O)c23)cc1. The minimum absolute atomic E-state index is 0.0427. The molecule has 2 aromatic heterocycles. The third kappa shape index (κ3) is 4.66. The zero-order chi connectivity index (χ0) is 22.0. The smallest absolute Gasteiger partial charge is 0.326 e. The largest absolute Gasteiger partial charge is 0.494 e. The number of esters is 1.